The largest absolute Gasteiger partial charge is 0.493 e. The molecule has 8 nitrogen and oxygen atoms in total. The topological polar surface area (TPSA) is 93.8 Å². The van der Waals surface area contributed by atoms with E-state index in [2.05, 4.69) is 64.7 Å². The Bertz CT molecular complexity index is 819. The van der Waals surface area contributed by atoms with Gasteiger partial charge in [-0.15, -0.1) is 0 Å². The standard InChI is InChI=1S/C23H37N5O3/c1-7-29-18(5)22-27-21(31-28-22)15-26-23(24-6)25-14-19-11-10-17(4)13-20(19)30-12-8-9-16(2)3/h10-11,13,16,18H,7-9,12,14-15H2,1-6H3,(H2,24,25,26). The van der Waals surface area contributed by atoms with E-state index in [1.54, 1.807) is 7.05 Å². The molecule has 0 aliphatic carbocycles. The summed E-state index contributed by atoms with van der Waals surface area (Å²) in [5.41, 5.74) is 2.27. The van der Waals surface area contributed by atoms with E-state index >= 15 is 0 Å². The predicted molar refractivity (Wildman–Crippen MR) is 122 cm³/mol. The smallest absolute Gasteiger partial charge is 0.246 e. The molecule has 0 aliphatic rings. The monoisotopic (exact) mass is 431 g/mol. The molecule has 0 aliphatic heterocycles. The Morgan fingerprint density at radius 2 is 1.97 bits per heavy atom. The van der Waals surface area contributed by atoms with E-state index in [-0.39, 0.29) is 6.10 Å². The molecule has 0 bridgehead atoms. The number of guanidine groups is 1. The van der Waals surface area contributed by atoms with E-state index in [1.807, 2.05) is 13.8 Å². The third kappa shape index (κ3) is 8.57. The molecule has 2 N–H and O–H groups in total. The summed E-state index contributed by atoms with van der Waals surface area (Å²) in [6.45, 7) is 12.7. The Hall–Kier alpha value is -2.61. The normalized spacial score (nSPS) is 12.8. The van der Waals surface area contributed by atoms with Crippen molar-refractivity contribution in [3.63, 3.8) is 0 Å². The summed E-state index contributed by atoms with van der Waals surface area (Å²) < 4.78 is 16.8. The maximum absolute atomic E-state index is 6.06. The van der Waals surface area contributed by atoms with Gasteiger partial charge in [-0.05, 0) is 51.2 Å². The molecular formula is C23H37N5O3. The van der Waals surface area contributed by atoms with Crippen molar-refractivity contribution in [1.29, 1.82) is 0 Å². The quantitative estimate of drug-likeness (QED) is 0.296. The van der Waals surface area contributed by atoms with Crippen molar-refractivity contribution >= 4 is 5.96 Å². The number of benzene rings is 1. The maximum Gasteiger partial charge on any atom is 0.246 e. The van der Waals surface area contributed by atoms with Crippen LogP contribution in [0.3, 0.4) is 0 Å². The van der Waals surface area contributed by atoms with Crippen LogP contribution in [-0.4, -0.2) is 36.4 Å². The molecule has 0 amide bonds. The summed E-state index contributed by atoms with van der Waals surface area (Å²) in [6.07, 6.45) is 2.02. The Balaban J connectivity index is 1.88. The van der Waals surface area contributed by atoms with Crippen LogP contribution in [0.1, 0.15) is 69.5 Å². The van der Waals surface area contributed by atoms with Gasteiger partial charge in [0, 0.05) is 25.8 Å². The zero-order valence-electron chi connectivity index (χ0n) is 19.7. The average molecular weight is 432 g/mol. The molecule has 2 aromatic rings. The molecule has 1 heterocycles. The second-order valence-corrected chi connectivity index (χ2v) is 7.92. The maximum atomic E-state index is 6.06. The molecule has 1 aromatic heterocycles. The van der Waals surface area contributed by atoms with Crippen LogP contribution in [0.5, 0.6) is 5.75 Å². The molecule has 0 fully saturated rings. The molecule has 8 heteroatoms. The Morgan fingerprint density at radius 3 is 2.68 bits per heavy atom. The van der Waals surface area contributed by atoms with Crippen LogP contribution in [0.25, 0.3) is 0 Å². The first kappa shape index (κ1) is 24.7. The van der Waals surface area contributed by atoms with Gasteiger partial charge in [-0.1, -0.05) is 31.1 Å². The van der Waals surface area contributed by atoms with Crippen LogP contribution in [0.15, 0.2) is 27.7 Å². The molecule has 172 valence electrons. The van der Waals surface area contributed by atoms with E-state index in [0.717, 1.165) is 30.8 Å². The van der Waals surface area contributed by atoms with E-state index in [0.29, 0.717) is 43.3 Å². The van der Waals surface area contributed by atoms with Gasteiger partial charge < -0.3 is 24.6 Å². The minimum Gasteiger partial charge on any atom is -0.493 e. The van der Waals surface area contributed by atoms with Gasteiger partial charge in [0.05, 0.1) is 13.2 Å². The molecule has 1 aromatic carbocycles. The van der Waals surface area contributed by atoms with Crippen molar-refractivity contribution in [2.75, 3.05) is 20.3 Å². The number of hydrogen-bond acceptors (Lipinski definition) is 6. The lowest BCUT2D eigenvalue weighted by Gasteiger charge is -2.15. The van der Waals surface area contributed by atoms with Gasteiger partial charge in [-0.2, -0.15) is 4.98 Å². The highest BCUT2D eigenvalue weighted by molar-refractivity contribution is 5.79. The summed E-state index contributed by atoms with van der Waals surface area (Å²) in [6, 6.07) is 6.27. The van der Waals surface area contributed by atoms with Crippen LogP contribution in [0.2, 0.25) is 0 Å². The highest BCUT2D eigenvalue weighted by Gasteiger charge is 2.14. The second kappa shape index (κ2) is 12.9. The van der Waals surface area contributed by atoms with Crippen molar-refractivity contribution in [1.82, 2.24) is 20.8 Å². The van der Waals surface area contributed by atoms with Gasteiger partial charge in [0.1, 0.15) is 11.9 Å². The number of aryl methyl sites for hydroxylation is 1. The van der Waals surface area contributed by atoms with E-state index in [4.69, 9.17) is 14.0 Å². The summed E-state index contributed by atoms with van der Waals surface area (Å²) in [7, 11) is 1.73. The van der Waals surface area contributed by atoms with Crippen molar-refractivity contribution in [2.45, 2.75) is 66.7 Å². The number of ether oxygens (including phenoxy) is 2. The van der Waals surface area contributed by atoms with Crippen molar-refractivity contribution < 1.29 is 14.0 Å². The van der Waals surface area contributed by atoms with E-state index < -0.39 is 0 Å². The van der Waals surface area contributed by atoms with Crippen LogP contribution >= 0.6 is 0 Å². The second-order valence-electron chi connectivity index (χ2n) is 7.92. The number of aliphatic imine (C=N–C) groups is 1. The Morgan fingerprint density at radius 1 is 1.19 bits per heavy atom. The third-order valence-electron chi connectivity index (χ3n) is 4.75. The lowest BCUT2D eigenvalue weighted by Crippen LogP contribution is -2.36. The molecular weight excluding hydrogens is 394 g/mol. The predicted octanol–water partition coefficient (Wildman–Crippen LogP) is 4.16. The van der Waals surface area contributed by atoms with Crippen LogP contribution in [0.4, 0.5) is 0 Å². The van der Waals surface area contributed by atoms with Crippen molar-refractivity contribution in [3.8, 4) is 5.75 Å². The van der Waals surface area contributed by atoms with Gasteiger partial charge in [0.2, 0.25) is 5.89 Å². The fraction of sp³-hybridized carbons (Fsp3) is 0.609. The van der Waals surface area contributed by atoms with Gasteiger partial charge in [-0.3, -0.25) is 4.99 Å². The Labute approximate surface area is 185 Å². The molecule has 0 saturated heterocycles. The molecule has 0 spiro atoms. The zero-order valence-corrected chi connectivity index (χ0v) is 19.7. The average Bonchev–Trinajstić information content (AvgIpc) is 3.21. The first-order valence-electron chi connectivity index (χ1n) is 11.0. The number of aromatic nitrogens is 2. The van der Waals surface area contributed by atoms with E-state index in [1.165, 1.54) is 5.56 Å². The fourth-order valence-corrected chi connectivity index (χ4v) is 3.00. The molecule has 0 saturated carbocycles. The van der Waals surface area contributed by atoms with Gasteiger partial charge in [0.25, 0.3) is 0 Å². The zero-order chi connectivity index (χ0) is 22.6. The molecule has 1 atom stereocenters. The number of rotatable bonds is 12. The highest BCUT2D eigenvalue weighted by Crippen LogP contribution is 2.21. The lowest BCUT2D eigenvalue weighted by molar-refractivity contribution is 0.0683. The van der Waals surface area contributed by atoms with E-state index in [9.17, 15) is 0 Å². The SMILES string of the molecule is CCOC(C)c1noc(CNC(=NC)NCc2ccc(C)cc2OCCCC(C)C)n1. The van der Waals surface area contributed by atoms with Gasteiger partial charge in [0.15, 0.2) is 11.8 Å². The van der Waals surface area contributed by atoms with Crippen LogP contribution < -0.4 is 15.4 Å². The minimum absolute atomic E-state index is 0.194. The molecule has 2 rings (SSSR count). The molecule has 1 unspecified atom stereocenters. The number of hydrogen-bond donors (Lipinski definition) is 2. The third-order valence-corrected chi connectivity index (χ3v) is 4.75. The van der Waals surface area contributed by atoms with Crippen molar-refractivity contribution in [2.24, 2.45) is 10.9 Å². The van der Waals surface area contributed by atoms with Crippen molar-refractivity contribution in [3.05, 3.63) is 41.0 Å². The van der Waals surface area contributed by atoms with Gasteiger partial charge >= 0.3 is 0 Å². The first-order chi connectivity index (χ1) is 14.9. The first-order valence-corrected chi connectivity index (χ1v) is 11.0. The van der Waals surface area contributed by atoms with Gasteiger partial charge in [-0.25, -0.2) is 0 Å². The van der Waals surface area contributed by atoms with Crippen LogP contribution in [0, 0.1) is 12.8 Å². The number of nitrogens with one attached hydrogen (secondary N) is 2. The molecule has 31 heavy (non-hydrogen) atoms. The molecule has 0 radical (unpaired) electrons. The summed E-state index contributed by atoms with van der Waals surface area (Å²) in [4.78, 5) is 8.63. The summed E-state index contributed by atoms with van der Waals surface area (Å²) in [5.74, 6) is 3.27. The van der Waals surface area contributed by atoms with Crippen LogP contribution in [-0.2, 0) is 17.8 Å². The summed E-state index contributed by atoms with van der Waals surface area (Å²) >= 11 is 0. The summed E-state index contributed by atoms with van der Waals surface area (Å²) in [5, 5.41) is 10.5. The lowest BCUT2D eigenvalue weighted by atomic mass is 10.1. The minimum atomic E-state index is -0.194. The fourth-order valence-electron chi connectivity index (χ4n) is 3.00. The Kier molecular flexibility index (Phi) is 10.3. The number of nitrogens with zero attached hydrogens (tertiary/aromatic N) is 3. The highest BCUT2D eigenvalue weighted by atomic mass is 16.5.